The molecule has 0 saturated heterocycles. The van der Waals surface area contributed by atoms with Gasteiger partial charge in [-0.3, -0.25) is 54.3 Å². The van der Waals surface area contributed by atoms with Gasteiger partial charge in [-0.05, 0) is 83.1 Å². The van der Waals surface area contributed by atoms with Crippen molar-refractivity contribution in [1.29, 1.82) is 0 Å². The van der Waals surface area contributed by atoms with Crippen molar-refractivity contribution in [2.24, 2.45) is 0 Å². The van der Waals surface area contributed by atoms with Crippen LogP contribution in [0.15, 0.2) is 0 Å². The molecule has 0 spiro atoms. The van der Waals surface area contributed by atoms with Gasteiger partial charge in [0, 0.05) is 190 Å². The Hall–Kier alpha value is 11.0. The third-order valence-electron chi connectivity index (χ3n) is 3.45. The van der Waals surface area contributed by atoms with Crippen LogP contribution in [0.4, 0.5) is 0 Å². The van der Waals surface area contributed by atoms with Crippen molar-refractivity contribution in [3.63, 3.8) is 0 Å². The van der Waals surface area contributed by atoms with E-state index in [1.807, 2.05) is 83.1 Å². The van der Waals surface area contributed by atoms with E-state index in [1.165, 1.54) is 0 Å². The molecule has 0 N–H and O–H groups in total. The average Bonchev–Trinajstić information content (AvgIpc) is 2.98. The predicted octanol–water partition coefficient (Wildman–Crippen LogP) is 10.6. The molecule has 12 nitrogen and oxygen atoms in total. The van der Waals surface area contributed by atoms with Crippen LogP contribution in [0.5, 0.6) is 0 Å². The van der Waals surface area contributed by atoms with Crippen LogP contribution in [0.1, 0.15) is 83.1 Å². The van der Waals surface area contributed by atoms with Gasteiger partial charge in [0.15, 0.2) is 0 Å². The van der Waals surface area contributed by atoms with E-state index in [9.17, 15) is 0 Å². The van der Waals surface area contributed by atoms with Crippen LogP contribution < -0.4 is 0 Å². The summed E-state index contributed by atoms with van der Waals surface area (Å²) in [7, 11) is 0. The summed E-state index contributed by atoms with van der Waals surface area (Å²) in [5, 5.41) is 0. The molecule has 0 heterocycles. The zero-order chi connectivity index (χ0) is 44.0. The van der Waals surface area contributed by atoms with Gasteiger partial charge in [0.05, 0.1) is 79.3 Å². The van der Waals surface area contributed by atoms with Crippen LogP contribution in [-0.2, 0) is 338 Å². The molecule has 0 aliphatic carbocycles. The topological polar surface area (TPSA) is 111 Å². The first-order valence-corrected chi connectivity index (χ1v) is 38.2. The second-order valence-electron chi connectivity index (χ2n) is 7.70. The first kappa shape index (κ1) is 113. The molecule has 0 saturated carbocycles. The molecular formula is C24H60Cu8O12P6S12Se-6. The van der Waals surface area contributed by atoms with Gasteiger partial charge < -0.3 is 147 Å². The van der Waals surface area contributed by atoms with Gasteiger partial charge in [-0.2, -0.15) is 0 Å². The van der Waals surface area contributed by atoms with E-state index in [0.29, 0.717) is 79.3 Å². The smallest absolute Gasteiger partial charge is 0.0864 e. The molecule has 0 fully saturated rings. The minimum Gasteiger partial charge on any atom is -0.516 e. The molecule has 0 aromatic carbocycles. The molecule has 0 atom stereocenters. The van der Waals surface area contributed by atoms with Crippen molar-refractivity contribution in [3.05, 3.63) is 0 Å². The number of rotatable bonds is 24. The van der Waals surface area contributed by atoms with E-state index >= 15 is 0 Å². The van der Waals surface area contributed by atoms with Gasteiger partial charge in [0.25, 0.3) is 0 Å². The van der Waals surface area contributed by atoms with Gasteiger partial charge in [-0.25, -0.2) is 0 Å². The largest absolute Gasteiger partial charge is 0.516 e. The van der Waals surface area contributed by atoms with Crippen molar-refractivity contribution in [2.45, 2.75) is 83.1 Å². The Morgan fingerprint density at radius 2 is 0.238 bits per heavy atom. The summed E-state index contributed by atoms with van der Waals surface area (Å²) in [6.07, 6.45) is -13.7. The molecule has 0 bridgehead atoms. The summed E-state index contributed by atoms with van der Waals surface area (Å²) in [6, 6.07) is 0. The first-order valence-electron chi connectivity index (χ1n) is 16.3. The SMILES string of the molecule is CCO[P+]([S-])([S-])OCC.CCO[P+]([S-])([S-])OCC.CCO[P+]([S-])([S-])OCC.CCO[P+]([S-])([S-])OCC.CCO[P+]([S-])([S-])OCC.CCO[P+]([S-])([S-])OCC.[Cu].[Cu].[Cu].[Cu].[Cu].[Cu].[Cu].[Cu].[Se]. The summed E-state index contributed by atoms with van der Waals surface area (Å²) < 4.78 is 59.9. The molecule has 0 aromatic heterocycles. The molecule has 430 valence electrons. The summed E-state index contributed by atoms with van der Waals surface area (Å²) in [4.78, 5) is 0. The van der Waals surface area contributed by atoms with Crippen molar-refractivity contribution in [2.75, 3.05) is 79.3 Å². The maximum atomic E-state index is 4.99. The van der Waals surface area contributed by atoms with Gasteiger partial charge in [-0.15, -0.1) is 0 Å². The normalized spacial score (nSPS) is 10.3. The van der Waals surface area contributed by atoms with E-state index < -0.39 is 36.7 Å². The van der Waals surface area contributed by atoms with Crippen LogP contribution in [0.25, 0.3) is 0 Å². The van der Waals surface area contributed by atoms with Gasteiger partial charge >= 0.3 is 0 Å². The Balaban J connectivity index is -0.0000000328. The second-order valence-corrected chi connectivity index (χ2v) is 37.6. The third-order valence-corrected chi connectivity index (χ3v) is 17.9. The Bertz CT molecular complexity index is 623. The van der Waals surface area contributed by atoms with Crippen LogP contribution >= 0.6 is 36.7 Å². The maximum Gasteiger partial charge on any atom is 0.0864 e. The van der Waals surface area contributed by atoms with E-state index in [4.69, 9.17) is 201 Å². The monoisotopic (exact) mass is 1690 g/mol. The molecule has 39 heteroatoms. The number of hydrogen-bond donors (Lipinski definition) is 0. The van der Waals surface area contributed by atoms with Crippen LogP contribution in [0.3, 0.4) is 0 Å². The Labute approximate surface area is 545 Å². The molecule has 0 aliphatic rings. The minimum atomic E-state index is -2.28. The average molecular weight is 1700 g/mol. The van der Waals surface area contributed by atoms with Crippen LogP contribution in [-0.4, -0.2) is 96.4 Å². The Kier molecular flexibility index (Phi) is 135. The van der Waals surface area contributed by atoms with E-state index in [1.54, 1.807) is 0 Å². The van der Waals surface area contributed by atoms with Crippen molar-refractivity contribution in [1.82, 2.24) is 0 Å². The fourth-order valence-electron chi connectivity index (χ4n) is 2.12. The van der Waals surface area contributed by atoms with Crippen LogP contribution in [0, 0.1) is 0 Å². The van der Waals surface area contributed by atoms with E-state index in [0.717, 1.165) is 0 Å². The fraction of sp³-hybridized carbons (Fsp3) is 1.00. The Morgan fingerprint density at radius 3 is 0.270 bits per heavy atom. The molecule has 0 aromatic rings. The zero-order valence-electron chi connectivity index (χ0n) is 35.8. The van der Waals surface area contributed by atoms with E-state index in [-0.39, 0.29) is 154 Å². The summed E-state index contributed by atoms with van der Waals surface area (Å²) in [5.41, 5.74) is 0. The number of hydrogen-bond acceptors (Lipinski definition) is 24. The summed E-state index contributed by atoms with van der Waals surface area (Å²) in [6.45, 7) is 28.8. The standard InChI is InChI=1S/6C4H11O2PS2.8Cu.Se/c6*1-3-5-7(8,9)6-4-2;;;;;;;;;/h6*3-4H2,1-2H3,(H,8,9);;;;;;;;;/p-6. The quantitative estimate of drug-likeness (QED) is 0.0519. The van der Waals surface area contributed by atoms with E-state index in [2.05, 4.69) is 0 Å². The maximum absolute atomic E-state index is 4.99. The van der Waals surface area contributed by atoms with Gasteiger partial charge in [0.1, 0.15) is 0 Å². The zero-order valence-corrected chi connectivity index (χ0v) is 60.2. The van der Waals surface area contributed by atoms with Crippen molar-refractivity contribution in [3.8, 4) is 0 Å². The predicted molar refractivity (Wildman–Crippen MR) is 275 cm³/mol. The summed E-state index contributed by atoms with van der Waals surface area (Å²) in [5.74, 6) is 0. The van der Waals surface area contributed by atoms with Crippen molar-refractivity contribution < 1.29 is 191 Å². The minimum absolute atomic E-state index is 0. The fourth-order valence-corrected chi connectivity index (χ4v) is 14.0. The molecule has 0 aliphatic heterocycles. The third kappa shape index (κ3) is 106. The Morgan fingerprint density at radius 1 is 0.190 bits per heavy atom. The molecule has 0 unspecified atom stereocenters. The van der Waals surface area contributed by atoms with Crippen molar-refractivity contribution >= 4 is 201 Å². The first-order chi connectivity index (χ1) is 24.7. The molecule has 10 radical (unpaired) electrons. The molecule has 0 amide bonds. The second kappa shape index (κ2) is 75.0. The molecular weight excluding hydrogens is 1640 g/mol. The van der Waals surface area contributed by atoms with Gasteiger partial charge in [-0.1, -0.05) is 0 Å². The van der Waals surface area contributed by atoms with Crippen LogP contribution in [0.2, 0.25) is 0 Å². The summed E-state index contributed by atoms with van der Waals surface area (Å²) >= 11 is 57.9. The molecule has 63 heavy (non-hydrogen) atoms. The molecule has 0 rings (SSSR count). The van der Waals surface area contributed by atoms with Gasteiger partial charge in [0.2, 0.25) is 0 Å².